The number of nitrogens with zero attached hydrogens (tertiary/aromatic N) is 1. The van der Waals surface area contributed by atoms with Gasteiger partial charge in [0.25, 0.3) is 0 Å². The van der Waals surface area contributed by atoms with Gasteiger partial charge in [-0.3, -0.25) is 4.84 Å². The molecule has 1 N–H and O–H groups in total. The Hall–Kier alpha value is -2.53. The molecule has 2 aromatic rings. The van der Waals surface area contributed by atoms with E-state index in [0.717, 1.165) is 10.6 Å². The average molecular weight is 286 g/mol. The van der Waals surface area contributed by atoms with Gasteiger partial charge in [0.2, 0.25) is 0 Å². The molecule has 0 aliphatic heterocycles. The second kappa shape index (κ2) is 7.31. The molecule has 0 fully saturated rings. The van der Waals surface area contributed by atoms with Crippen LogP contribution < -0.4 is 10.1 Å². The third-order valence-corrected chi connectivity index (χ3v) is 2.89. The van der Waals surface area contributed by atoms with Crippen LogP contribution in [0.3, 0.4) is 0 Å². The summed E-state index contributed by atoms with van der Waals surface area (Å²) in [6, 6.07) is 16.8. The Kier molecular flexibility index (Phi) is 5.17. The van der Waals surface area contributed by atoms with Crippen LogP contribution in [0.2, 0.25) is 0 Å². The monoisotopic (exact) mass is 286 g/mol. The lowest BCUT2D eigenvalue weighted by Gasteiger charge is -2.15. The third kappa shape index (κ3) is 4.50. The van der Waals surface area contributed by atoms with Crippen molar-refractivity contribution in [3.8, 4) is 5.75 Å². The van der Waals surface area contributed by atoms with E-state index in [1.54, 1.807) is 12.1 Å². The second-order valence-corrected chi connectivity index (χ2v) is 4.41. The maximum atomic E-state index is 11.7. The number of hydrogen-bond acceptors (Lipinski definition) is 3. The number of rotatable bonds is 5. The first-order chi connectivity index (χ1) is 10.2. The summed E-state index contributed by atoms with van der Waals surface area (Å²) < 4.78 is 5.70. The lowest BCUT2D eigenvalue weighted by atomic mass is 10.2. The fourth-order valence-corrected chi connectivity index (χ4v) is 1.69. The number of hydroxylamine groups is 2. The van der Waals surface area contributed by atoms with Crippen molar-refractivity contribution < 1.29 is 14.4 Å². The molecule has 0 aliphatic rings. The van der Waals surface area contributed by atoms with E-state index in [0.29, 0.717) is 18.0 Å². The van der Waals surface area contributed by atoms with Gasteiger partial charge in [0.05, 0.1) is 7.11 Å². The molecule has 0 unspecified atom stereocenters. The summed E-state index contributed by atoms with van der Waals surface area (Å²) in [4.78, 5) is 16.5. The molecule has 0 aliphatic carbocycles. The van der Waals surface area contributed by atoms with E-state index < -0.39 is 0 Å². The number of urea groups is 1. The predicted molar refractivity (Wildman–Crippen MR) is 81.0 cm³/mol. The summed E-state index contributed by atoms with van der Waals surface area (Å²) in [5, 5.41) is 3.82. The van der Waals surface area contributed by atoms with Crippen LogP contribution in [-0.4, -0.2) is 25.3 Å². The minimum atomic E-state index is -0.349. The van der Waals surface area contributed by atoms with E-state index in [-0.39, 0.29) is 6.03 Å². The van der Waals surface area contributed by atoms with Crippen molar-refractivity contribution in [3.05, 3.63) is 60.2 Å². The van der Waals surface area contributed by atoms with Gasteiger partial charge in [0.1, 0.15) is 12.4 Å². The molecule has 0 spiro atoms. The van der Waals surface area contributed by atoms with E-state index in [9.17, 15) is 4.79 Å². The molecule has 2 amide bonds. The van der Waals surface area contributed by atoms with Crippen molar-refractivity contribution in [2.45, 2.75) is 6.61 Å². The number of hydrogen-bond donors (Lipinski definition) is 1. The highest BCUT2D eigenvalue weighted by atomic mass is 16.7. The van der Waals surface area contributed by atoms with E-state index in [2.05, 4.69) is 5.32 Å². The van der Waals surface area contributed by atoms with Crippen LogP contribution in [0.15, 0.2) is 54.6 Å². The normalized spacial score (nSPS) is 10.0. The number of benzene rings is 2. The highest BCUT2D eigenvalue weighted by molar-refractivity contribution is 5.88. The van der Waals surface area contributed by atoms with Gasteiger partial charge in [-0.15, -0.1) is 0 Å². The van der Waals surface area contributed by atoms with Crippen molar-refractivity contribution in [1.82, 2.24) is 5.06 Å². The van der Waals surface area contributed by atoms with Gasteiger partial charge in [-0.25, -0.2) is 9.86 Å². The number of carbonyl (C=O) groups excluding carboxylic acids is 1. The summed E-state index contributed by atoms with van der Waals surface area (Å²) in [5.74, 6) is 0.691. The van der Waals surface area contributed by atoms with E-state index in [4.69, 9.17) is 9.57 Å². The van der Waals surface area contributed by atoms with Crippen LogP contribution in [-0.2, 0) is 11.4 Å². The van der Waals surface area contributed by atoms with Gasteiger partial charge >= 0.3 is 6.03 Å². The highest BCUT2D eigenvalue weighted by Gasteiger charge is 2.08. The number of carbonyl (C=O) groups is 1. The Morgan fingerprint density at radius 3 is 2.62 bits per heavy atom. The van der Waals surface area contributed by atoms with Gasteiger partial charge in [-0.1, -0.05) is 36.4 Å². The highest BCUT2D eigenvalue weighted by Crippen LogP contribution is 2.19. The lowest BCUT2D eigenvalue weighted by Crippen LogP contribution is -2.30. The smallest absolute Gasteiger partial charge is 0.345 e. The third-order valence-electron chi connectivity index (χ3n) is 2.89. The number of anilines is 1. The second-order valence-electron chi connectivity index (χ2n) is 4.41. The molecule has 2 rings (SSSR count). The molecule has 0 heterocycles. The molecular weight excluding hydrogens is 268 g/mol. The first kappa shape index (κ1) is 14.9. The van der Waals surface area contributed by atoms with E-state index >= 15 is 0 Å². The maximum Gasteiger partial charge on any atom is 0.345 e. The molecule has 5 heteroatoms. The van der Waals surface area contributed by atoms with Crippen molar-refractivity contribution >= 4 is 11.7 Å². The number of nitrogens with one attached hydrogen (secondary N) is 1. The molecule has 110 valence electrons. The molecule has 2 aromatic carbocycles. The molecule has 0 radical (unpaired) electrons. The SMILES string of the molecule is CON(C)C(=O)Nc1cccc(OCc2ccccc2)c1. The van der Waals surface area contributed by atoms with Crippen LogP contribution in [0, 0.1) is 0 Å². The Labute approximate surface area is 124 Å². The average Bonchev–Trinajstić information content (AvgIpc) is 2.53. The molecule has 0 bridgehead atoms. The zero-order chi connectivity index (χ0) is 15.1. The topological polar surface area (TPSA) is 50.8 Å². The van der Waals surface area contributed by atoms with Crippen LogP contribution >= 0.6 is 0 Å². The zero-order valence-electron chi connectivity index (χ0n) is 12.1. The summed E-state index contributed by atoms with van der Waals surface area (Å²) in [7, 11) is 2.96. The fraction of sp³-hybridized carbons (Fsp3) is 0.188. The van der Waals surface area contributed by atoms with Crippen molar-refractivity contribution in [2.75, 3.05) is 19.5 Å². The van der Waals surface area contributed by atoms with Gasteiger partial charge in [0.15, 0.2) is 0 Å². The minimum Gasteiger partial charge on any atom is -0.489 e. The Morgan fingerprint density at radius 2 is 1.90 bits per heavy atom. The molecule has 5 nitrogen and oxygen atoms in total. The molecular formula is C16H18N2O3. The number of ether oxygens (including phenoxy) is 1. The lowest BCUT2D eigenvalue weighted by molar-refractivity contribution is -0.0598. The van der Waals surface area contributed by atoms with Gasteiger partial charge < -0.3 is 10.1 Å². The zero-order valence-corrected chi connectivity index (χ0v) is 12.1. The first-order valence-electron chi connectivity index (χ1n) is 6.54. The summed E-state index contributed by atoms with van der Waals surface area (Å²) in [6.45, 7) is 0.482. The largest absolute Gasteiger partial charge is 0.489 e. The van der Waals surface area contributed by atoms with Crippen molar-refractivity contribution in [3.63, 3.8) is 0 Å². The van der Waals surface area contributed by atoms with Crippen LogP contribution in [0.1, 0.15) is 5.56 Å². The van der Waals surface area contributed by atoms with E-state index in [1.165, 1.54) is 14.2 Å². The first-order valence-corrected chi connectivity index (χ1v) is 6.54. The molecule has 0 aromatic heterocycles. The standard InChI is InChI=1S/C16H18N2O3/c1-18(20-2)16(19)17-14-9-6-10-15(11-14)21-12-13-7-4-3-5-8-13/h3-11H,12H2,1-2H3,(H,17,19). The van der Waals surface area contributed by atoms with Crippen LogP contribution in [0.5, 0.6) is 5.75 Å². The fourth-order valence-electron chi connectivity index (χ4n) is 1.69. The minimum absolute atomic E-state index is 0.349. The summed E-state index contributed by atoms with van der Waals surface area (Å²) in [5.41, 5.74) is 1.74. The van der Waals surface area contributed by atoms with Crippen LogP contribution in [0.25, 0.3) is 0 Å². The predicted octanol–water partition coefficient (Wildman–Crippen LogP) is 3.29. The van der Waals surface area contributed by atoms with Crippen LogP contribution in [0.4, 0.5) is 10.5 Å². The molecule has 21 heavy (non-hydrogen) atoms. The molecule has 0 saturated carbocycles. The Morgan fingerprint density at radius 1 is 1.14 bits per heavy atom. The molecule has 0 atom stereocenters. The van der Waals surface area contributed by atoms with Gasteiger partial charge in [0, 0.05) is 18.8 Å². The van der Waals surface area contributed by atoms with Gasteiger partial charge in [-0.2, -0.15) is 0 Å². The molecule has 0 saturated heterocycles. The van der Waals surface area contributed by atoms with Gasteiger partial charge in [-0.05, 0) is 17.7 Å². The van der Waals surface area contributed by atoms with Crippen molar-refractivity contribution in [1.29, 1.82) is 0 Å². The Balaban J connectivity index is 1.96. The maximum absolute atomic E-state index is 11.7. The summed E-state index contributed by atoms with van der Waals surface area (Å²) in [6.07, 6.45) is 0. The quantitative estimate of drug-likeness (QED) is 0.858. The van der Waals surface area contributed by atoms with E-state index in [1.807, 2.05) is 42.5 Å². The van der Waals surface area contributed by atoms with Crippen molar-refractivity contribution in [2.24, 2.45) is 0 Å². The summed E-state index contributed by atoms with van der Waals surface area (Å²) >= 11 is 0. The Bertz CT molecular complexity index is 587. The number of amides is 2.